The van der Waals surface area contributed by atoms with Gasteiger partial charge in [0.05, 0.1) is 0 Å². The minimum Gasteiger partial charge on any atom is -0.328 e. The summed E-state index contributed by atoms with van der Waals surface area (Å²) in [7, 11) is 0. The van der Waals surface area contributed by atoms with Crippen molar-refractivity contribution < 1.29 is 2.74 Å². The van der Waals surface area contributed by atoms with Gasteiger partial charge in [0.25, 0.3) is 0 Å². The molecule has 0 aromatic carbocycles. The fraction of sp³-hybridized carbons (Fsp3) is 1.00. The van der Waals surface area contributed by atoms with Gasteiger partial charge in [-0.15, -0.1) is 0 Å². The number of hydrogen-bond donors (Lipinski definition) is 1. The van der Waals surface area contributed by atoms with Crippen LogP contribution in [0, 0.1) is 5.41 Å². The Morgan fingerprint density at radius 3 is 2.00 bits per heavy atom. The van der Waals surface area contributed by atoms with Gasteiger partial charge in [0, 0.05) is 8.78 Å². The number of nitrogens with two attached hydrogens (primary N) is 1. The molecule has 0 aliphatic rings. The van der Waals surface area contributed by atoms with E-state index in [1.807, 2.05) is 20.8 Å². The zero-order valence-corrected chi connectivity index (χ0v) is 6.15. The van der Waals surface area contributed by atoms with E-state index in [4.69, 9.17) is 8.48 Å². The predicted molar refractivity (Wildman–Crippen MR) is 37.7 cm³/mol. The first-order valence-corrected chi connectivity index (χ1v) is 2.95. The van der Waals surface area contributed by atoms with Crippen molar-refractivity contribution in [2.24, 2.45) is 11.1 Å². The highest BCUT2D eigenvalue weighted by Crippen LogP contribution is 2.19. The first-order chi connectivity index (χ1) is 4.19. The van der Waals surface area contributed by atoms with E-state index in [-0.39, 0.29) is 5.41 Å². The maximum Gasteiger partial charge on any atom is 0.0288 e. The van der Waals surface area contributed by atoms with Crippen molar-refractivity contribution in [3.8, 4) is 0 Å². The first-order valence-electron chi connectivity index (χ1n) is 3.95. The Morgan fingerprint density at radius 1 is 1.62 bits per heavy atom. The van der Waals surface area contributed by atoms with E-state index in [1.165, 1.54) is 0 Å². The fourth-order valence-electron chi connectivity index (χ4n) is 0.683. The first kappa shape index (κ1) is 4.80. The lowest BCUT2D eigenvalue weighted by molar-refractivity contribution is 0.349. The summed E-state index contributed by atoms with van der Waals surface area (Å²) < 4.78 is 15.1. The molecular weight excluding hydrogens is 98.1 g/mol. The molecule has 50 valence electrons. The zero-order chi connectivity index (χ0) is 8.58. The molecule has 0 fully saturated rings. The van der Waals surface area contributed by atoms with Gasteiger partial charge in [0.2, 0.25) is 0 Å². The Labute approximate surface area is 55.1 Å². The van der Waals surface area contributed by atoms with Crippen LogP contribution in [0.2, 0.25) is 0 Å². The van der Waals surface area contributed by atoms with E-state index in [1.54, 1.807) is 6.92 Å². The predicted octanol–water partition coefficient (Wildman–Crippen LogP) is 1.77. The SMILES string of the molecule is [2H]C([2H])(C(C)N)C(C)(C)C. The topological polar surface area (TPSA) is 26.0 Å². The summed E-state index contributed by atoms with van der Waals surface area (Å²) in [6.07, 6.45) is -1.28. The number of rotatable bonds is 1. The molecule has 0 rings (SSSR count). The quantitative estimate of drug-likeness (QED) is 0.556. The van der Waals surface area contributed by atoms with Gasteiger partial charge in [0.1, 0.15) is 0 Å². The summed E-state index contributed by atoms with van der Waals surface area (Å²) in [6, 6.07) is -0.410. The minimum absolute atomic E-state index is 0.374. The number of hydrogen-bond acceptors (Lipinski definition) is 1. The Hall–Kier alpha value is -0.0400. The second kappa shape index (κ2) is 2.49. The van der Waals surface area contributed by atoms with Crippen LogP contribution in [0.25, 0.3) is 0 Å². The monoisotopic (exact) mass is 117 g/mol. The van der Waals surface area contributed by atoms with Crippen LogP contribution in [0.3, 0.4) is 0 Å². The average Bonchev–Trinajstić information content (AvgIpc) is 1.62. The van der Waals surface area contributed by atoms with Crippen LogP contribution >= 0.6 is 0 Å². The summed E-state index contributed by atoms with van der Waals surface area (Å²) in [5.41, 5.74) is 5.11. The molecule has 0 aliphatic heterocycles. The second-order valence-corrected chi connectivity index (χ2v) is 3.18. The molecule has 2 N–H and O–H groups in total. The maximum absolute atomic E-state index is 7.57. The third-order valence-electron chi connectivity index (χ3n) is 0.661. The van der Waals surface area contributed by atoms with Crippen molar-refractivity contribution >= 4 is 0 Å². The molecule has 0 bridgehead atoms. The van der Waals surface area contributed by atoms with E-state index < -0.39 is 12.4 Å². The van der Waals surface area contributed by atoms with Crippen LogP contribution in [-0.4, -0.2) is 6.04 Å². The molecular formula is C7H17N. The maximum atomic E-state index is 7.57. The smallest absolute Gasteiger partial charge is 0.0288 e. The molecule has 0 aliphatic carbocycles. The summed E-state index contributed by atoms with van der Waals surface area (Å²) >= 11 is 0. The molecule has 0 aromatic rings. The standard InChI is InChI=1S/C7H17N/c1-6(8)5-7(2,3)4/h6H,5,8H2,1-4H3/i5D2. The fourth-order valence-corrected chi connectivity index (χ4v) is 0.683. The van der Waals surface area contributed by atoms with E-state index in [2.05, 4.69) is 0 Å². The molecule has 1 unspecified atom stereocenters. The van der Waals surface area contributed by atoms with Crippen molar-refractivity contribution in [1.29, 1.82) is 0 Å². The van der Waals surface area contributed by atoms with Gasteiger partial charge in [0.15, 0.2) is 0 Å². The third-order valence-corrected chi connectivity index (χ3v) is 0.661. The highest BCUT2D eigenvalue weighted by atomic mass is 14.6. The minimum atomic E-state index is -1.28. The van der Waals surface area contributed by atoms with Gasteiger partial charge in [-0.25, -0.2) is 0 Å². The molecule has 8 heavy (non-hydrogen) atoms. The van der Waals surface area contributed by atoms with Crippen LogP contribution in [0.15, 0.2) is 0 Å². The normalized spacial score (nSPS) is 21.6. The molecule has 1 atom stereocenters. The Bertz CT molecular complexity index is 113. The van der Waals surface area contributed by atoms with Gasteiger partial charge in [-0.05, 0) is 18.7 Å². The largest absolute Gasteiger partial charge is 0.328 e. The molecule has 0 heterocycles. The average molecular weight is 117 g/mol. The lowest BCUT2D eigenvalue weighted by Gasteiger charge is -2.19. The van der Waals surface area contributed by atoms with Gasteiger partial charge < -0.3 is 5.73 Å². The highest BCUT2D eigenvalue weighted by Gasteiger charge is 2.11. The molecule has 0 radical (unpaired) electrons. The van der Waals surface area contributed by atoms with Crippen molar-refractivity contribution in [2.45, 2.75) is 40.1 Å². The van der Waals surface area contributed by atoms with Gasteiger partial charge in [-0.1, -0.05) is 20.8 Å². The van der Waals surface area contributed by atoms with Crippen molar-refractivity contribution in [1.82, 2.24) is 0 Å². The van der Waals surface area contributed by atoms with Gasteiger partial charge >= 0.3 is 0 Å². The summed E-state index contributed by atoms with van der Waals surface area (Å²) in [4.78, 5) is 0. The van der Waals surface area contributed by atoms with Crippen molar-refractivity contribution in [2.75, 3.05) is 0 Å². The van der Waals surface area contributed by atoms with Crippen LogP contribution in [0.1, 0.15) is 36.8 Å². The van der Waals surface area contributed by atoms with E-state index >= 15 is 0 Å². The van der Waals surface area contributed by atoms with Crippen LogP contribution in [0.4, 0.5) is 0 Å². The summed E-state index contributed by atoms with van der Waals surface area (Å²) in [5.74, 6) is 0. The van der Waals surface area contributed by atoms with Gasteiger partial charge in [-0.3, -0.25) is 0 Å². The molecule has 1 heteroatoms. The molecule has 0 saturated carbocycles. The second-order valence-electron chi connectivity index (χ2n) is 3.18. The zero-order valence-electron chi connectivity index (χ0n) is 8.15. The summed E-state index contributed by atoms with van der Waals surface area (Å²) in [6.45, 7) is 7.27. The van der Waals surface area contributed by atoms with Crippen LogP contribution in [-0.2, 0) is 0 Å². The lowest BCUT2D eigenvalue weighted by Crippen LogP contribution is -2.22. The Balaban J connectivity index is 4.40. The molecule has 0 aromatic heterocycles. The Kier molecular flexibility index (Phi) is 1.50. The molecule has 1 nitrogen and oxygen atoms in total. The van der Waals surface area contributed by atoms with E-state index in [9.17, 15) is 0 Å². The third kappa shape index (κ3) is 5.96. The van der Waals surface area contributed by atoms with Crippen molar-refractivity contribution in [3.63, 3.8) is 0 Å². The lowest BCUT2D eigenvalue weighted by atomic mass is 9.89. The molecule has 0 amide bonds. The highest BCUT2D eigenvalue weighted by molar-refractivity contribution is 4.66. The molecule has 0 saturated heterocycles. The van der Waals surface area contributed by atoms with Gasteiger partial charge in [-0.2, -0.15) is 0 Å². The van der Waals surface area contributed by atoms with Crippen molar-refractivity contribution in [3.05, 3.63) is 0 Å². The van der Waals surface area contributed by atoms with E-state index in [0.717, 1.165) is 0 Å². The molecule has 0 spiro atoms. The van der Waals surface area contributed by atoms with Crippen LogP contribution in [0.5, 0.6) is 0 Å². The Morgan fingerprint density at radius 2 is 2.00 bits per heavy atom. The van der Waals surface area contributed by atoms with E-state index in [0.29, 0.717) is 0 Å². The van der Waals surface area contributed by atoms with Crippen LogP contribution < -0.4 is 5.73 Å². The summed E-state index contributed by atoms with van der Waals surface area (Å²) in [5, 5.41) is 0.